The lowest BCUT2D eigenvalue weighted by atomic mass is 10.1. The van der Waals surface area contributed by atoms with E-state index in [2.05, 4.69) is 32.6 Å². The third kappa shape index (κ3) is 5.39. The average molecular weight is 241 g/mol. The van der Waals surface area contributed by atoms with Crippen molar-refractivity contribution in [3.8, 4) is 0 Å². The maximum absolute atomic E-state index is 10.0. The van der Waals surface area contributed by atoms with E-state index in [1.807, 2.05) is 0 Å². The fourth-order valence-corrected chi connectivity index (χ4v) is 2.64. The Morgan fingerprint density at radius 2 is 1.53 bits per heavy atom. The van der Waals surface area contributed by atoms with Gasteiger partial charge in [0.2, 0.25) is 0 Å². The number of hydrogen-bond donors (Lipinski definition) is 1. The molecule has 0 aliphatic heterocycles. The summed E-state index contributed by atoms with van der Waals surface area (Å²) in [5.41, 5.74) is 0. The minimum atomic E-state index is -0.0747. The Hall–Kier alpha value is -0.0800. The van der Waals surface area contributed by atoms with E-state index in [0.717, 1.165) is 31.3 Å². The lowest BCUT2D eigenvalue weighted by Gasteiger charge is -2.32. The standard InChI is InChI=1S/C15H31NO/c1-12(2)8-10-16(11-9-13(3)4)14-6-5-7-15(14)17/h12-15,17H,5-11H2,1-4H3/t14-,15-/m0/s1. The van der Waals surface area contributed by atoms with Crippen LogP contribution in [-0.4, -0.2) is 35.2 Å². The second-order valence-corrected chi connectivity index (χ2v) is 6.47. The van der Waals surface area contributed by atoms with Crippen molar-refractivity contribution in [2.75, 3.05) is 13.1 Å². The molecule has 0 bridgehead atoms. The van der Waals surface area contributed by atoms with E-state index in [0.29, 0.717) is 6.04 Å². The van der Waals surface area contributed by atoms with Gasteiger partial charge >= 0.3 is 0 Å². The lowest BCUT2D eigenvalue weighted by molar-refractivity contribution is 0.0648. The highest BCUT2D eigenvalue weighted by molar-refractivity contribution is 4.85. The molecule has 0 unspecified atom stereocenters. The van der Waals surface area contributed by atoms with E-state index in [-0.39, 0.29) is 6.10 Å². The third-order valence-corrected chi connectivity index (χ3v) is 3.90. The molecule has 1 rings (SSSR count). The minimum absolute atomic E-state index is 0.0747. The van der Waals surface area contributed by atoms with E-state index < -0.39 is 0 Å². The van der Waals surface area contributed by atoms with Gasteiger partial charge in [-0.2, -0.15) is 0 Å². The Morgan fingerprint density at radius 3 is 1.88 bits per heavy atom. The molecule has 0 amide bonds. The van der Waals surface area contributed by atoms with Crippen molar-refractivity contribution in [3.05, 3.63) is 0 Å². The van der Waals surface area contributed by atoms with Crippen molar-refractivity contribution in [2.24, 2.45) is 11.8 Å². The summed E-state index contributed by atoms with van der Waals surface area (Å²) in [5, 5.41) is 10.0. The molecule has 1 aliphatic rings. The second-order valence-electron chi connectivity index (χ2n) is 6.47. The van der Waals surface area contributed by atoms with Crippen LogP contribution in [0.5, 0.6) is 0 Å². The first kappa shape index (κ1) is 15.0. The summed E-state index contributed by atoms with van der Waals surface area (Å²) >= 11 is 0. The zero-order valence-electron chi connectivity index (χ0n) is 12.2. The van der Waals surface area contributed by atoms with Gasteiger partial charge in [0.25, 0.3) is 0 Å². The summed E-state index contributed by atoms with van der Waals surface area (Å²) in [6.45, 7) is 11.5. The Morgan fingerprint density at radius 1 is 1.00 bits per heavy atom. The first-order valence-corrected chi connectivity index (χ1v) is 7.42. The number of aliphatic hydroxyl groups excluding tert-OH is 1. The molecule has 17 heavy (non-hydrogen) atoms. The third-order valence-electron chi connectivity index (χ3n) is 3.90. The van der Waals surface area contributed by atoms with Crippen molar-refractivity contribution >= 4 is 0 Å². The Bertz CT molecular complexity index is 191. The maximum atomic E-state index is 10.0. The summed E-state index contributed by atoms with van der Waals surface area (Å²) < 4.78 is 0. The van der Waals surface area contributed by atoms with E-state index in [9.17, 15) is 5.11 Å². The van der Waals surface area contributed by atoms with Crippen LogP contribution >= 0.6 is 0 Å². The average Bonchev–Trinajstić information content (AvgIpc) is 2.64. The van der Waals surface area contributed by atoms with Gasteiger partial charge in [0.05, 0.1) is 6.10 Å². The van der Waals surface area contributed by atoms with Crippen LogP contribution in [-0.2, 0) is 0 Å². The van der Waals surface area contributed by atoms with Crippen LogP contribution in [0.25, 0.3) is 0 Å². The monoisotopic (exact) mass is 241 g/mol. The smallest absolute Gasteiger partial charge is 0.0695 e. The summed E-state index contributed by atoms with van der Waals surface area (Å²) in [6.07, 6.45) is 5.82. The van der Waals surface area contributed by atoms with Crippen LogP contribution in [0.3, 0.4) is 0 Å². The van der Waals surface area contributed by atoms with Crippen molar-refractivity contribution < 1.29 is 5.11 Å². The van der Waals surface area contributed by atoms with Gasteiger partial charge in [0, 0.05) is 6.04 Å². The van der Waals surface area contributed by atoms with Gasteiger partial charge in [0.1, 0.15) is 0 Å². The Balaban J connectivity index is 2.45. The highest BCUT2D eigenvalue weighted by atomic mass is 16.3. The number of nitrogens with zero attached hydrogens (tertiary/aromatic N) is 1. The molecule has 0 aromatic rings. The molecule has 0 radical (unpaired) electrons. The van der Waals surface area contributed by atoms with Gasteiger partial charge in [-0.15, -0.1) is 0 Å². The minimum Gasteiger partial charge on any atom is -0.391 e. The predicted molar refractivity (Wildman–Crippen MR) is 74.1 cm³/mol. The van der Waals surface area contributed by atoms with Crippen LogP contribution in [0, 0.1) is 11.8 Å². The Labute approximate surface area is 107 Å². The summed E-state index contributed by atoms with van der Waals surface area (Å²) in [7, 11) is 0. The van der Waals surface area contributed by atoms with E-state index in [4.69, 9.17) is 0 Å². The summed E-state index contributed by atoms with van der Waals surface area (Å²) in [5.74, 6) is 1.52. The van der Waals surface area contributed by atoms with Crippen LogP contribution in [0.1, 0.15) is 59.8 Å². The SMILES string of the molecule is CC(C)CCN(CCC(C)C)[C@H]1CCC[C@@H]1O. The zero-order valence-corrected chi connectivity index (χ0v) is 12.2. The molecule has 0 aromatic carbocycles. The molecule has 1 fully saturated rings. The molecule has 2 atom stereocenters. The number of hydrogen-bond acceptors (Lipinski definition) is 2. The Kier molecular flexibility index (Phi) is 6.50. The van der Waals surface area contributed by atoms with Crippen molar-refractivity contribution in [3.63, 3.8) is 0 Å². The first-order chi connectivity index (χ1) is 8.00. The predicted octanol–water partition coefficient (Wildman–Crippen LogP) is 3.29. The molecule has 102 valence electrons. The normalized spacial score (nSPS) is 25.4. The molecular weight excluding hydrogens is 210 g/mol. The largest absolute Gasteiger partial charge is 0.391 e. The van der Waals surface area contributed by atoms with Gasteiger partial charge in [-0.1, -0.05) is 27.7 Å². The number of aliphatic hydroxyl groups is 1. The van der Waals surface area contributed by atoms with Crippen molar-refractivity contribution in [2.45, 2.75) is 71.9 Å². The fourth-order valence-electron chi connectivity index (χ4n) is 2.64. The summed E-state index contributed by atoms with van der Waals surface area (Å²) in [6, 6.07) is 0.437. The van der Waals surface area contributed by atoms with Gasteiger partial charge < -0.3 is 5.11 Å². The maximum Gasteiger partial charge on any atom is 0.0695 e. The quantitative estimate of drug-likeness (QED) is 0.739. The first-order valence-electron chi connectivity index (χ1n) is 7.42. The summed E-state index contributed by atoms with van der Waals surface area (Å²) in [4.78, 5) is 2.55. The fraction of sp³-hybridized carbons (Fsp3) is 1.00. The topological polar surface area (TPSA) is 23.5 Å². The molecule has 0 spiro atoms. The molecule has 1 N–H and O–H groups in total. The second kappa shape index (κ2) is 7.38. The van der Waals surface area contributed by atoms with Crippen LogP contribution in [0.4, 0.5) is 0 Å². The van der Waals surface area contributed by atoms with Crippen LogP contribution in [0.2, 0.25) is 0 Å². The molecule has 2 heteroatoms. The molecule has 1 saturated carbocycles. The highest BCUT2D eigenvalue weighted by Crippen LogP contribution is 2.25. The van der Waals surface area contributed by atoms with E-state index in [1.54, 1.807) is 0 Å². The van der Waals surface area contributed by atoms with Crippen LogP contribution in [0.15, 0.2) is 0 Å². The highest BCUT2D eigenvalue weighted by Gasteiger charge is 2.30. The van der Waals surface area contributed by atoms with Crippen molar-refractivity contribution in [1.29, 1.82) is 0 Å². The number of rotatable bonds is 7. The van der Waals surface area contributed by atoms with Crippen LogP contribution < -0.4 is 0 Å². The molecule has 0 aromatic heterocycles. The van der Waals surface area contributed by atoms with Gasteiger partial charge in [0.15, 0.2) is 0 Å². The van der Waals surface area contributed by atoms with Gasteiger partial charge in [-0.05, 0) is 57.0 Å². The molecule has 0 saturated heterocycles. The lowest BCUT2D eigenvalue weighted by Crippen LogP contribution is -2.42. The van der Waals surface area contributed by atoms with Gasteiger partial charge in [-0.25, -0.2) is 0 Å². The van der Waals surface area contributed by atoms with Gasteiger partial charge in [-0.3, -0.25) is 4.90 Å². The zero-order chi connectivity index (χ0) is 12.8. The molecule has 1 aliphatic carbocycles. The molecular formula is C15H31NO. The van der Waals surface area contributed by atoms with E-state index in [1.165, 1.54) is 25.7 Å². The van der Waals surface area contributed by atoms with E-state index >= 15 is 0 Å². The molecule has 2 nitrogen and oxygen atoms in total. The molecule has 0 heterocycles. The van der Waals surface area contributed by atoms with Crippen molar-refractivity contribution in [1.82, 2.24) is 4.90 Å².